The van der Waals surface area contributed by atoms with Crippen LogP contribution in [0.15, 0.2) is 48.5 Å². The zero-order chi connectivity index (χ0) is 21.9. The van der Waals surface area contributed by atoms with Gasteiger partial charge in [-0.15, -0.1) is 0 Å². The summed E-state index contributed by atoms with van der Waals surface area (Å²) >= 11 is 0. The van der Waals surface area contributed by atoms with E-state index < -0.39 is 36.1 Å². The standard InChI is InChI=1S/C23H25NO6/c1-23(2,3)30-20(25)12-19(21(26)27)24-22(28)29-13-18-16-10-6-4-8-14(16)15-9-5-7-11-17(15)18/h4-11,18-19H,12-13H2,1-3H3,(H,24,28)(H,26,27)/t19-/m0/s1/i12+1,19+1,20+1,21+1,24+1. The maximum Gasteiger partial charge on any atom is 0.407 e. The van der Waals surface area contributed by atoms with Gasteiger partial charge in [0.2, 0.25) is 0 Å². The number of carboxylic acid groups (broad SMARTS) is 1. The first kappa shape index (κ1) is 21.4. The molecule has 2 aromatic rings. The summed E-state index contributed by atoms with van der Waals surface area (Å²) in [6, 6.07) is 14.4. The number of hydrogen-bond donors (Lipinski definition) is 2. The fraction of sp³-hybridized carbons (Fsp3) is 0.348. The van der Waals surface area contributed by atoms with E-state index in [9.17, 15) is 19.5 Å². The van der Waals surface area contributed by atoms with Crippen LogP contribution in [0.1, 0.15) is 44.2 Å². The third kappa shape index (κ3) is 4.97. The number of esters is 1. The molecule has 158 valence electrons. The first-order chi connectivity index (χ1) is 14.2. The first-order valence-corrected chi connectivity index (χ1v) is 9.72. The van der Waals surface area contributed by atoms with E-state index in [-0.39, 0.29) is 12.5 Å². The Morgan fingerprint density at radius 3 is 2.03 bits per heavy atom. The third-order valence-electron chi connectivity index (χ3n) is 4.72. The average Bonchev–Trinajstić information content (AvgIpc) is 2.98. The topological polar surface area (TPSA) is 102 Å². The molecule has 0 bridgehead atoms. The van der Waals surface area contributed by atoms with Gasteiger partial charge in [0.1, 0.15) is 18.2 Å². The third-order valence-corrected chi connectivity index (χ3v) is 4.72. The molecule has 0 saturated carbocycles. The van der Waals surface area contributed by atoms with Crippen molar-refractivity contribution in [3.8, 4) is 11.1 Å². The molecule has 1 aliphatic carbocycles. The van der Waals surface area contributed by atoms with Gasteiger partial charge < -0.3 is 19.9 Å². The Morgan fingerprint density at radius 1 is 1.00 bits per heavy atom. The molecule has 3 rings (SSSR count). The largest absolute Gasteiger partial charge is 0.480 e. The number of fused-ring (bicyclic) bond motifs is 3. The summed E-state index contributed by atoms with van der Waals surface area (Å²) in [5, 5.41) is 11.6. The smallest absolute Gasteiger partial charge is 0.407 e. The van der Waals surface area contributed by atoms with Gasteiger partial charge in [-0.05, 0) is 43.0 Å². The molecule has 0 fully saturated rings. The predicted octanol–water partition coefficient (Wildman–Crippen LogP) is 3.71. The van der Waals surface area contributed by atoms with E-state index in [1.165, 1.54) is 0 Å². The van der Waals surface area contributed by atoms with Crippen LogP contribution in [0.5, 0.6) is 0 Å². The van der Waals surface area contributed by atoms with Crippen LogP contribution in [0.25, 0.3) is 11.1 Å². The number of nitrogens with one attached hydrogen (secondary N) is 1. The zero-order valence-corrected chi connectivity index (χ0v) is 17.2. The van der Waals surface area contributed by atoms with Crippen LogP contribution < -0.4 is 5.32 Å². The van der Waals surface area contributed by atoms with Crippen LogP contribution in [0, 0.1) is 0 Å². The summed E-state index contributed by atoms with van der Waals surface area (Å²) in [5.74, 6) is -2.19. The molecule has 1 amide bonds. The normalized spacial score (nSPS) is 13.7. The minimum absolute atomic E-state index is 0.0542. The number of amides is 1. The lowest BCUT2D eigenvalue weighted by atomic mass is 9.98. The van der Waals surface area contributed by atoms with Crippen LogP contribution >= 0.6 is 0 Å². The molecule has 0 heterocycles. The highest BCUT2D eigenvalue weighted by atomic mass is 16.6. The SMILES string of the molecule is CC(C)(C)O[13C](=O)[13CH2][13C@H]([15NH]C(=O)OCC1c2ccccc2-c2ccccc21)[13C](=O)O. The van der Waals surface area contributed by atoms with Crippen molar-refractivity contribution in [2.24, 2.45) is 0 Å². The fourth-order valence-electron chi connectivity index (χ4n) is 3.53. The van der Waals surface area contributed by atoms with E-state index in [0.29, 0.717) is 0 Å². The first-order valence-electron chi connectivity index (χ1n) is 9.72. The minimum atomic E-state index is -1.43. The summed E-state index contributed by atoms with van der Waals surface area (Å²) in [5.41, 5.74) is 3.54. The van der Waals surface area contributed by atoms with Gasteiger partial charge in [-0.2, -0.15) is 0 Å². The van der Waals surface area contributed by atoms with Gasteiger partial charge >= 0.3 is 18.0 Å². The molecule has 0 unspecified atom stereocenters. The minimum Gasteiger partial charge on any atom is -0.480 e. The number of ether oxygens (including phenoxy) is 2. The Hall–Kier alpha value is -3.35. The van der Waals surface area contributed by atoms with E-state index >= 15 is 0 Å². The van der Waals surface area contributed by atoms with E-state index in [0.717, 1.165) is 22.3 Å². The Balaban J connectivity index is 1.64. The van der Waals surface area contributed by atoms with Crippen molar-refractivity contribution in [1.29, 1.82) is 0 Å². The number of alkyl carbamates (subject to hydrolysis) is 1. The quantitative estimate of drug-likeness (QED) is 0.423. The number of carbonyl (C=O) groups is 3. The second-order valence-electron chi connectivity index (χ2n) is 8.15. The molecule has 0 saturated heterocycles. The van der Waals surface area contributed by atoms with Crippen molar-refractivity contribution in [3.05, 3.63) is 59.7 Å². The van der Waals surface area contributed by atoms with Crippen molar-refractivity contribution in [1.82, 2.24) is 5.32 Å². The van der Waals surface area contributed by atoms with Gasteiger partial charge in [-0.25, -0.2) is 9.59 Å². The Bertz CT molecular complexity index is 917. The van der Waals surface area contributed by atoms with E-state index in [4.69, 9.17) is 9.47 Å². The molecular formula is C23H25NO6. The maximum absolute atomic E-state index is 12.3. The molecular weight excluding hydrogens is 391 g/mol. The highest BCUT2D eigenvalue weighted by molar-refractivity contribution is 5.85. The molecule has 0 radical (unpaired) electrons. The molecule has 0 aromatic heterocycles. The summed E-state index contributed by atoms with van der Waals surface area (Å²) in [7, 11) is 0. The molecule has 0 aliphatic heterocycles. The van der Waals surface area contributed by atoms with Crippen molar-refractivity contribution in [3.63, 3.8) is 0 Å². The Labute approximate surface area is 175 Å². The number of aliphatic carboxylic acids is 1. The number of rotatable bonds is 6. The predicted molar refractivity (Wildman–Crippen MR) is 110 cm³/mol. The van der Waals surface area contributed by atoms with Crippen LogP contribution in [0.3, 0.4) is 0 Å². The lowest BCUT2D eigenvalue weighted by molar-refractivity contribution is -0.158. The number of carbonyl (C=O) groups excluding carboxylic acids is 2. The highest BCUT2D eigenvalue weighted by Gasteiger charge is 2.30. The Morgan fingerprint density at radius 2 is 1.53 bits per heavy atom. The van der Waals surface area contributed by atoms with E-state index in [2.05, 4.69) is 5.32 Å². The Kier molecular flexibility index (Phi) is 6.10. The summed E-state index contributed by atoms with van der Waals surface area (Å²) in [6.45, 7) is 5.09. The van der Waals surface area contributed by atoms with Gasteiger partial charge in [0, 0.05) is 5.92 Å². The van der Waals surface area contributed by atoms with Gasteiger partial charge in [-0.1, -0.05) is 48.5 Å². The molecule has 0 spiro atoms. The van der Waals surface area contributed by atoms with Crippen LogP contribution in [0.4, 0.5) is 4.79 Å². The monoisotopic (exact) mass is 416 g/mol. The maximum atomic E-state index is 12.3. The van der Waals surface area contributed by atoms with E-state index in [1.807, 2.05) is 48.5 Å². The number of hydrogen-bond acceptors (Lipinski definition) is 5. The second kappa shape index (κ2) is 8.57. The van der Waals surface area contributed by atoms with Crippen LogP contribution in [-0.4, -0.2) is 41.4 Å². The lowest BCUT2D eigenvalue weighted by Crippen LogP contribution is -2.43. The van der Waals surface area contributed by atoms with Gasteiger partial charge in [0.05, 0.1) is 6.42 Å². The van der Waals surface area contributed by atoms with Crippen LogP contribution in [0.2, 0.25) is 0 Å². The van der Waals surface area contributed by atoms with Crippen molar-refractivity contribution >= 4 is 18.0 Å². The molecule has 2 N–H and O–H groups in total. The van der Waals surface area contributed by atoms with Crippen molar-refractivity contribution in [2.45, 2.75) is 44.8 Å². The zero-order valence-electron chi connectivity index (χ0n) is 17.2. The molecule has 1 aliphatic rings. The number of carboxylic acids is 1. The second-order valence-corrected chi connectivity index (χ2v) is 8.15. The van der Waals surface area contributed by atoms with Gasteiger partial charge in [0.15, 0.2) is 0 Å². The summed E-state index contributed by atoms with van der Waals surface area (Å²) in [6.07, 6.45) is -1.38. The average molecular weight is 416 g/mol. The van der Waals surface area contributed by atoms with E-state index in [1.54, 1.807) is 20.8 Å². The molecule has 1 atom stereocenters. The number of benzene rings is 2. The van der Waals surface area contributed by atoms with Crippen molar-refractivity contribution in [2.75, 3.05) is 6.61 Å². The summed E-state index contributed by atoms with van der Waals surface area (Å²) < 4.78 is 10.5. The lowest BCUT2D eigenvalue weighted by Gasteiger charge is -2.21. The molecule has 7 nitrogen and oxygen atoms in total. The molecule has 2 aromatic carbocycles. The fourth-order valence-corrected chi connectivity index (χ4v) is 3.53. The van der Waals surface area contributed by atoms with Crippen molar-refractivity contribution < 1.29 is 29.0 Å². The van der Waals surface area contributed by atoms with Gasteiger partial charge in [-0.3, -0.25) is 4.79 Å². The van der Waals surface area contributed by atoms with Gasteiger partial charge in [0.25, 0.3) is 0 Å². The highest BCUT2D eigenvalue weighted by Crippen LogP contribution is 2.44. The van der Waals surface area contributed by atoms with Crippen LogP contribution in [-0.2, 0) is 19.1 Å². The molecule has 30 heavy (non-hydrogen) atoms. The molecule has 7 heteroatoms. The summed E-state index contributed by atoms with van der Waals surface area (Å²) in [4.78, 5) is 35.6.